The zero-order valence-electron chi connectivity index (χ0n) is 6.27. The van der Waals surface area contributed by atoms with Crippen molar-refractivity contribution >= 4 is 0 Å². The Labute approximate surface area is 57.2 Å². The number of nitrogens with zero attached hydrogens (tertiary/aromatic N) is 1. The van der Waals surface area contributed by atoms with Crippen LogP contribution < -0.4 is 5.84 Å². The molecule has 0 spiro atoms. The summed E-state index contributed by atoms with van der Waals surface area (Å²) in [5.41, 5.74) is 0. The first-order chi connectivity index (χ1) is 4.21. The molecule has 1 fully saturated rings. The molecule has 2 nitrogen and oxygen atoms in total. The maximum Gasteiger partial charge on any atom is 0.0958 e. The van der Waals surface area contributed by atoms with E-state index in [2.05, 4.69) is 7.05 Å². The highest BCUT2D eigenvalue weighted by Crippen LogP contribution is 2.10. The quantitative estimate of drug-likeness (QED) is 0.381. The molecule has 1 saturated heterocycles. The van der Waals surface area contributed by atoms with Gasteiger partial charge in [-0.2, -0.15) is 5.84 Å². The topological polar surface area (TPSA) is 26.0 Å². The maximum absolute atomic E-state index is 5.92. The van der Waals surface area contributed by atoms with Crippen LogP contribution in [-0.4, -0.2) is 24.7 Å². The van der Waals surface area contributed by atoms with Crippen LogP contribution in [0.25, 0.3) is 0 Å². The summed E-state index contributed by atoms with van der Waals surface area (Å²) in [4.78, 5) is 0. The number of hydrogen-bond donors (Lipinski definition) is 1. The number of likely N-dealkylation sites (tertiary alicyclic amines) is 1. The van der Waals surface area contributed by atoms with Crippen molar-refractivity contribution in [2.75, 3.05) is 20.1 Å². The average molecular weight is 129 g/mol. The average Bonchev–Trinajstić information content (AvgIpc) is 1.92. The SMILES string of the molecule is C[N+]1(N)CCCCCC1. The number of hydrogen-bond acceptors (Lipinski definition) is 1. The fraction of sp³-hybridized carbons (Fsp3) is 1.00. The summed E-state index contributed by atoms with van der Waals surface area (Å²) < 4.78 is 0.750. The van der Waals surface area contributed by atoms with E-state index in [1.165, 1.54) is 38.8 Å². The van der Waals surface area contributed by atoms with E-state index in [1.54, 1.807) is 0 Å². The third-order valence-electron chi connectivity index (χ3n) is 2.09. The van der Waals surface area contributed by atoms with Crippen LogP contribution in [0.2, 0.25) is 0 Å². The Morgan fingerprint density at radius 2 is 1.44 bits per heavy atom. The van der Waals surface area contributed by atoms with Crippen LogP contribution in [0.3, 0.4) is 0 Å². The van der Waals surface area contributed by atoms with Gasteiger partial charge >= 0.3 is 0 Å². The van der Waals surface area contributed by atoms with Crippen molar-refractivity contribution in [1.82, 2.24) is 0 Å². The van der Waals surface area contributed by atoms with Gasteiger partial charge in [-0.25, -0.2) is 0 Å². The molecule has 0 aromatic carbocycles. The highest BCUT2D eigenvalue weighted by molar-refractivity contribution is 4.47. The van der Waals surface area contributed by atoms with Crippen molar-refractivity contribution in [2.45, 2.75) is 25.7 Å². The molecule has 1 rings (SSSR count). The molecule has 1 aliphatic heterocycles. The Balaban J connectivity index is 2.36. The minimum atomic E-state index is 0.750. The second-order valence-electron chi connectivity index (χ2n) is 3.34. The Morgan fingerprint density at radius 1 is 1.00 bits per heavy atom. The molecule has 0 atom stereocenters. The normalized spacial score (nSPS) is 27.3. The molecule has 1 aliphatic rings. The molecular formula is C7H17N2+. The molecule has 0 unspecified atom stereocenters. The lowest BCUT2D eigenvalue weighted by Crippen LogP contribution is -2.51. The molecule has 2 heteroatoms. The zero-order valence-corrected chi connectivity index (χ0v) is 6.27. The molecule has 0 aliphatic carbocycles. The summed E-state index contributed by atoms with van der Waals surface area (Å²) in [5.74, 6) is 5.92. The summed E-state index contributed by atoms with van der Waals surface area (Å²) in [6.07, 6.45) is 5.38. The van der Waals surface area contributed by atoms with Crippen LogP contribution in [0, 0.1) is 0 Å². The minimum absolute atomic E-state index is 0.750. The molecule has 2 N–H and O–H groups in total. The second-order valence-corrected chi connectivity index (χ2v) is 3.34. The molecule has 54 valence electrons. The second kappa shape index (κ2) is 2.67. The fourth-order valence-corrected chi connectivity index (χ4v) is 1.41. The minimum Gasteiger partial charge on any atom is -0.251 e. The largest absolute Gasteiger partial charge is 0.251 e. The lowest BCUT2D eigenvalue weighted by molar-refractivity contribution is -0.920. The summed E-state index contributed by atoms with van der Waals surface area (Å²) in [6, 6.07) is 0. The van der Waals surface area contributed by atoms with Crippen molar-refractivity contribution in [2.24, 2.45) is 5.84 Å². The van der Waals surface area contributed by atoms with E-state index in [9.17, 15) is 0 Å². The van der Waals surface area contributed by atoms with E-state index in [1.807, 2.05) is 0 Å². The molecule has 0 bridgehead atoms. The molecule has 0 amide bonds. The van der Waals surface area contributed by atoms with Crippen molar-refractivity contribution in [3.63, 3.8) is 0 Å². The van der Waals surface area contributed by atoms with Crippen molar-refractivity contribution in [3.8, 4) is 0 Å². The third-order valence-corrected chi connectivity index (χ3v) is 2.09. The van der Waals surface area contributed by atoms with E-state index in [-0.39, 0.29) is 0 Å². The van der Waals surface area contributed by atoms with Gasteiger partial charge in [-0.3, -0.25) is 4.59 Å². The van der Waals surface area contributed by atoms with Gasteiger partial charge in [0.15, 0.2) is 0 Å². The van der Waals surface area contributed by atoms with Crippen molar-refractivity contribution < 1.29 is 4.59 Å². The Hall–Kier alpha value is -0.0800. The van der Waals surface area contributed by atoms with Crippen molar-refractivity contribution in [1.29, 1.82) is 0 Å². The summed E-state index contributed by atoms with van der Waals surface area (Å²) in [5, 5.41) is 0. The van der Waals surface area contributed by atoms with E-state index in [4.69, 9.17) is 5.84 Å². The monoisotopic (exact) mass is 129 g/mol. The van der Waals surface area contributed by atoms with Gasteiger partial charge in [0.05, 0.1) is 20.1 Å². The van der Waals surface area contributed by atoms with Crippen LogP contribution in [0.15, 0.2) is 0 Å². The predicted octanol–water partition coefficient (Wildman–Crippen LogP) is 0.881. The van der Waals surface area contributed by atoms with Crippen LogP contribution in [0.1, 0.15) is 25.7 Å². The Kier molecular flexibility index (Phi) is 2.09. The lowest BCUT2D eigenvalue weighted by atomic mass is 10.2. The van der Waals surface area contributed by atoms with Gasteiger partial charge < -0.3 is 0 Å². The molecule has 1 heterocycles. The first-order valence-corrected chi connectivity index (χ1v) is 3.84. The van der Waals surface area contributed by atoms with Crippen LogP contribution in [0.4, 0.5) is 0 Å². The molecule has 0 radical (unpaired) electrons. The third kappa shape index (κ3) is 2.33. The molecule has 9 heavy (non-hydrogen) atoms. The van der Waals surface area contributed by atoms with Crippen LogP contribution in [0.5, 0.6) is 0 Å². The highest BCUT2D eigenvalue weighted by atomic mass is 15.6. The van der Waals surface area contributed by atoms with Gasteiger partial charge in [0.1, 0.15) is 0 Å². The first kappa shape index (κ1) is 7.03. The van der Waals surface area contributed by atoms with Gasteiger partial charge in [0.2, 0.25) is 0 Å². The number of nitrogens with two attached hydrogens (primary N) is 1. The molecular weight excluding hydrogens is 112 g/mol. The van der Waals surface area contributed by atoms with Gasteiger partial charge in [0.25, 0.3) is 0 Å². The smallest absolute Gasteiger partial charge is 0.0958 e. The summed E-state index contributed by atoms with van der Waals surface area (Å²) >= 11 is 0. The molecule has 0 saturated carbocycles. The summed E-state index contributed by atoms with van der Waals surface area (Å²) in [7, 11) is 2.12. The van der Waals surface area contributed by atoms with Gasteiger partial charge in [-0.1, -0.05) is 0 Å². The van der Waals surface area contributed by atoms with Crippen molar-refractivity contribution in [3.05, 3.63) is 0 Å². The fourth-order valence-electron chi connectivity index (χ4n) is 1.41. The highest BCUT2D eigenvalue weighted by Gasteiger charge is 2.17. The van der Waals surface area contributed by atoms with Gasteiger partial charge in [-0.05, 0) is 25.7 Å². The standard InChI is InChI=1S/C7H17N2/c1-9(8)6-4-2-3-5-7-9/h2-8H2,1H3/q+1. The lowest BCUT2D eigenvalue weighted by Gasteiger charge is -2.25. The van der Waals surface area contributed by atoms with E-state index < -0.39 is 0 Å². The van der Waals surface area contributed by atoms with Crippen LogP contribution in [-0.2, 0) is 0 Å². The number of rotatable bonds is 0. The van der Waals surface area contributed by atoms with Crippen LogP contribution >= 0.6 is 0 Å². The first-order valence-electron chi connectivity index (χ1n) is 3.84. The molecule has 0 aromatic rings. The maximum atomic E-state index is 5.92. The number of quaternary nitrogens is 1. The molecule has 0 aromatic heterocycles. The van der Waals surface area contributed by atoms with E-state index in [0.717, 1.165) is 4.59 Å². The van der Waals surface area contributed by atoms with E-state index >= 15 is 0 Å². The van der Waals surface area contributed by atoms with E-state index in [0.29, 0.717) is 0 Å². The van der Waals surface area contributed by atoms with Gasteiger partial charge in [0, 0.05) is 0 Å². The summed E-state index contributed by atoms with van der Waals surface area (Å²) in [6.45, 7) is 2.33. The predicted molar refractivity (Wildman–Crippen MR) is 38.6 cm³/mol. The zero-order chi connectivity index (χ0) is 6.74. The Morgan fingerprint density at radius 3 is 1.89 bits per heavy atom. The Bertz CT molecular complexity index is 78.9. The van der Waals surface area contributed by atoms with Gasteiger partial charge in [-0.15, -0.1) is 0 Å².